The number of carbonyl (C=O) groups excluding carboxylic acids is 2. The van der Waals surface area contributed by atoms with Crippen LogP contribution in [0.2, 0.25) is 0 Å². The molecule has 0 spiro atoms. The number of amides is 2. The van der Waals surface area contributed by atoms with Crippen LogP contribution in [0.5, 0.6) is 11.5 Å². The molecule has 1 aromatic carbocycles. The standard InChI is InChI=1S/C20H24ClNO4/c1-25-15-11-10-13(12-16(15)26-2)17-18(21)20(24)22(19(17)23)14-8-6-4-3-5-7-9-14/h10-12,14H,3-9H2,1-2H3. The lowest BCUT2D eigenvalue weighted by Gasteiger charge is -2.28. The maximum absolute atomic E-state index is 13.1. The Bertz CT molecular complexity index is 735. The topological polar surface area (TPSA) is 55.8 Å². The highest BCUT2D eigenvalue weighted by atomic mass is 35.5. The minimum Gasteiger partial charge on any atom is -0.493 e. The zero-order valence-electron chi connectivity index (χ0n) is 15.2. The molecule has 1 heterocycles. The van der Waals surface area contributed by atoms with Crippen molar-refractivity contribution in [2.24, 2.45) is 0 Å². The van der Waals surface area contributed by atoms with Crippen molar-refractivity contribution < 1.29 is 19.1 Å². The van der Waals surface area contributed by atoms with Crippen molar-refractivity contribution in [3.8, 4) is 11.5 Å². The average Bonchev–Trinajstić information content (AvgIpc) is 2.84. The minimum absolute atomic E-state index is 0.00993. The van der Waals surface area contributed by atoms with Gasteiger partial charge in [-0.3, -0.25) is 14.5 Å². The van der Waals surface area contributed by atoms with Gasteiger partial charge < -0.3 is 9.47 Å². The van der Waals surface area contributed by atoms with Crippen molar-refractivity contribution in [2.75, 3.05) is 14.2 Å². The van der Waals surface area contributed by atoms with Crippen LogP contribution in [0.3, 0.4) is 0 Å². The van der Waals surface area contributed by atoms with Gasteiger partial charge in [0.2, 0.25) is 0 Å². The molecule has 1 aromatic rings. The molecule has 26 heavy (non-hydrogen) atoms. The quantitative estimate of drug-likeness (QED) is 0.740. The summed E-state index contributed by atoms with van der Waals surface area (Å²) in [4.78, 5) is 27.2. The van der Waals surface area contributed by atoms with E-state index >= 15 is 0 Å². The summed E-state index contributed by atoms with van der Waals surface area (Å²) in [6, 6.07) is 5.05. The van der Waals surface area contributed by atoms with Crippen LogP contribution < -0.4 is 9.47 Å². The Morgan fingerprint density at radius 2 is 1.54 bits per heavy atom. The molecule has 140 valence electrons. The highest BCUT2D eigenvalue weighted by molar-refractivity contribution is 6.55. The Balaban J connectivity index is 1.91. The Hall–Kier alpha value is -2.01. The molecule has 5 nitrogen and oxygen atoms in total. The smallest absolute Gasteiger partial charge is 0.273 e. The number of benzene rings is 1. The molecule has 0 saturated heterocycles. The molecule has 1 fully saturated rings. The largest absolute Gasteiger partial charge is 0.493 e. The molecule has 0 radical (unpaired) electrons. The zero-order valence-corrected chi connectivity index (χ0v) is 16.0. The van der Waals surface area contributed by atoms with Crippen LogP contribution >= 0.6 is 11.6 Å². The lowest BCUT2D eigenvalue weighted by molar-refractivity contribution is -0.139. The molecule has 1 aliphatic carbocycles. The summed E-state index contributed by atoms with van der Waals surface area (Å²) in [7, 11) is 3.07. The molecule has 0 bridgehead atoms. The van der Waals surface area contributed by atoms with Gasteiger partial charge in [0.15, 0.2) is 11.5 Å². The lowest BCUT2D eigenvalue weighted by Crippen LogP contribution is -2.41. The summed E-state index contributed by atoms with van der Waals surface area (Å²) in [5, 5.41) is -0.00993. The number of rotatable bonds is 4. The number of hydrogen-bond acceptors (Lipinski definition) is 4. The van der Waals surface area contributed by atoms with Crippen molar-refractivity contribution in [2.45, 2.75) is 51.0 Å². The first kappa shape index (κ1) is 18.8. The third-order valence-corrected chi connectivity index (χ3v) is 5.52. The van der Waals surface area contributed by atoms with E-state index in [0.717, 1.165) is 38.5 Å². The Morgan fingerprint density at radius 3 is 2.15 bits per heavy atom. The van der Waals surface area contributed by atoms with E-state index in [0.29, 0.717) is 17.1 Å². The first-order valence-corrected chi connectivity index (χ1v) is 9.46. The van der Waals surface area contributed by atoms with Crippen LogP contribution in [0, 0.1) is 0 Å². The second kappa shape index (κ2) is 8.12. The Kier molecular flexibility index (Phi) is 5.87. The van der Waals surface area contributed by atoms with Gasteiger partial charge in [-0.25, -0.2) is 0 Å². The monoisotopic (exact) mass is 377 g/mol. The number of nitrogens with zero attached hydrogens (tertiary/aromatic N) is 1. The lowest BCUT2D eigenvalue weighted by atomic mass is 9.95. The third kappa shape index (κ3) is 3.45. The van der Waals surface area contributed by atoms with E-state index in [1.54, 1.807) is 25.3 Å². The van der Waals surface area contributed by atoms with Gasteiger partial charge in [0.25, 0.3) is 11.8 Å². The van der Waals surface area contributed by atoms with Crippen molar-refractivity contribution in [1.29, 1.82) is 0 Å². The van der Waals surface area contributed by atoms with Gasteiger partial charge >= 0.3 is 0 Å². The zero-order chi connectivity index (χ0) is 18.7. The molecular formula is C20H24ClNO4. The summed E-state index contributed by atoms with van der Waals surface area (Å²) in [5.41, 5.74) is 0.819. The fraction of sp³-hybridized carbons (Fsp3) is 0.500. The summed E-state index contributed by atoms with van der Waals surface area (Å²) in [6.45, 7) is 0. The molecule has 0 aromatic heterocycles. The predicted molar refractivity (Wildman–Crippen MR) is 100 cm³/mol. The first-order chi connectivity index (χ1) is 12.6. The van der Waals surface area contributed by atoms with Crippen molar-refractivity contribution >= 4 is 29.0 Å². The highest BCUT2D eigenvalue weighted by Gasteiger charge is 2.42. The van der Waals surface area contributed by atoms with Gasteiger partial charge in [0, 0.05) is 6.04 Å². The molecule has 1 aliphatic heterocycles. The summed E-state index contributed by atoms with van der Waals surface area (Å²) in [5.74, 6) is 0.359. The SMILES string of the molecule is COc1ccc(C2=C(Cl)C(=O)N(C3CCCCCCC3)C2=O)cc1OC. The molecule has 3 rings (SSSR count). The van der Waals surface area contributed by atoms with Gasteiger partial charge in [0.05, 0.1) is 19.8 Å². The summed E-state index contributed by atoms with van der Waals surface area (Å²) in [6.07, 6.45) is 7.29. The number of imide groups is 1. The molecule has 0 unspecified atom stereocenters. The van der Waals surface area contributed by atoms with Crippen LogP contribution in [0.25, 0.3) is 5.57 Å². The summed E-state index contributed by atoms with van der Waals surface area (Å²) < 4.78 is 10.5. The fourth-order valence-electron chi connectivity index (χ4n) is 3.79. The van der Waals surface area contributed by atoms with E-state index in [2.05, 4.69) is 0 Å². The normalized spacial score (nSPS) is 19.6. The molecule has 1 saturated carbocycles. The fourth-order valence-corrected chi connectivity index (χ4v) is 4.07. The van der Waals surface area contributed by atoms with E-state index < -0.39 is 0 Å². The van der Waals surface area contributed by atoms with Crippen LogP contribution in [0.1, 0.15) is 50.5 Å². The van der Waals surface area contributed by atoms with E-state index in [4.69, 9.17) is 21.1 Å². The average molecular weight is 378 g/mol. The van der Waals surface area contributed by atoms with Crippen molar-refractivity contribution in [1.82, 2.24) is 4.90 Å². The second-order valence-corrected chi connectivity index (χ2v) is 7.12. The number of halogens is 1. The molecule has 0 N–H and O–H groups in total. The Morgan fingerprint density at radius 1 is 0.923 bits per heavy atom. The van der Waals surface area contributed by atoms with E-state index in [1.165, 1.54) is 18.4 Å². The van der Waals surface area contributed by atoms with Gasteiger partial charge in [-0.1, -0.05) is 49.8 Å². The third-order valence-electron chi connectivity index (χ3n) is 5.17. The van der Waals surface area contributed by atoms with Crippen LogP contribution in [0.15, 0.2) is 23.2 Å². The maximum atomic E-state index is 13.1. The van der Waals surface area contributed by atoms with Crippen molar-refractivity contribution in [3.63, 3.8) is 0 Å². The number of carbonyl (C=O) groups is 2. The van der Waals surface area contributed by atoms with Gasteiger partial charge in [-0.05, 0) is 30.5 Å². The summed E-state index contributed by atoms with van der Waals surface area (Å²) >= 11 is 6.31. The molecular weight excluding hydrogens is 354 g/mol. The molecule has 0 atom stereocenters. The van der Waals surface area contributed by atoms with E-state index in [-0.39, 0.29) is 28.5 Å². The minimum atomic E-state index is -0.382. The van der Waals surface area contributed by atoms with Crippen LogP contribution in [-0.4, -0.2) is 37.0 Å². The maximum Gasteiger partial charge on any atom is 0.273 e. The van der Waals surface area contributed by atoms with Gasteiger partial charge in [0.1, 0.15) is 5.03 Å². The Labute approximate surface area is 158 Å². The number of ether oxygens (including phenoxy) is 2. The van der Waals surface area contributed by atoms with Crippen LogP contribution in [0.4, 0.5) is 0 Å². The molecule has 6 heteroatoms. The number of hydrogen-bond donors (Lipinski definition) is 0. The predicted octanol–water partition coefficient (Wildman–Crippen LogP) is 4.14. The van der Waals surface area contributed by atoms with E-state index in [9.17, 15) is 9.59 Å². The first-order valence-electron chi connectivity index (χ1n) is 9.08. The second-order valence-electron chi connectivity index (χ2n) is 6.74. The van der Waals surface area contributed by atoms with E-state index in [1.807, 2.05) is 0 Å². The van der Waals surface area contributed by atoms with Crippen molar-refractivity contribution in [3.05, 3.63) is 28.8 Å². The highest BCUT2D eigenvalue weighted by Crippen LogP contribution is 2.38. The van der Waals surface area contributed by atoms with Gasteiger partial charge in [-0.2, -0.15) is 0 Å². The molecule has 2 aliphatic rings. The number of methoxy groups -OCH3 is 2. The van der Waals surface area contributed by atoms with Crippen LogP contribution in [-0.2, 0) is 9.59 Å². The van der Waals surface area contributed by atoms with Gasteiger partial charge in [-0.15, -0.1) is 0 Å². The molecule has 2 amide bonds.